The van der Waals surface area contributed by atoms with Crippen molar-refractivity contribution in [3.8, 4) is 0 Å². The Hall–Kier alpha value is -3.55. The average molecular weight is 419 g/mol. The Kier molecular flexibility index (Phi) is 6.06. The van der Waals surface area contributed by atoms with Crippen LogP contribution in [0.4, 0.5) is 0 Å². The molecule has 0 unspecified atom stereocenters. The van der Waals surface area contributed by atoms with Crippen molar-refractivity contribution >= 4 is 11.8 Å². The highest BCUT2D eigenvalue weighted by atomic mass is 16.2. The summed E-state index contributed by atoms with van der Waals surface area (Å²) in [6, 6.07) is 9.76. The fourth-order valence-electron chi connectivity index (χ4n) is 3.89. The molecular weight excluding hydrogens is 392 g/mol. The van der Waals surface area contributed by atoms with Gasteiger partial charge in [-0.1, -0.05) is 30.3 Å². The van der Waals surface area contributed by atoms with Gasteiger partial charge in [0.05, 0.1) is 23.0 Å². The molecule has 1 fully saturated rings. The SMILES string of the molecule is Cc1nc([C@H]2CCCN(C(=O)c3cn[nH]c3C)C2)ncc1C(=O)NCc1ccccc1. The minimum Gasteiger partial charge on any atom is -0.348 e. The molecule has 0 bridgehead atoms. The summed E-state index contributed by atoms with van der Waals surface area (Å²) in [6.07, 6.45) is 4.96. The normalized spacial score (nSPS) is 16.2. The summed E-state index contributed by atoms with van der Waals surface area (Å²) < 4.78 is 0. The summed E-state index contributed by atoms with van der Waals surface area (Å²) in [5, 5.41) is 9.69. The minimum atomic E-state index is -0.191. The molecular formula is C23H26N6O2. The molecule has 31 heavy (non-hydrogen) atoms. The lowest BCUT2D eigenvalue weighted by Gasteiger charge is -2.32. The van der Waals surface area contributed by atoms with Gasteiger partial charge in [0.25, 0.3) is 11.8 Å². The smallest absolute Gasteiger partial charge is 0.257 e. The standard InChI is InChI=1S/C23H26N6O2/c1-15-19(22(30)25-11-17-7-4-3-5-8-17)12-24-21(27-15)18-9-6-10-29(14-18)23(31)20-13-26-28-16(20)2/h3-5,7-8,12-13,18H,6,9-11,14H2,1-2H3,(H,25,30)(H,26,28)/t18-/m0/s1. The van der Waals surface area contributed by atoms with Gasteiger partial charge in [0, 0.05) is 37.4 Å². The van der Waals surface area contributed by atoms with Crippen molar-refractivity contribution in [1.82, 2.24) is 30.4 Å². The van der Waals surface area contributed by atoms with Crippen LogP contribution in [0.5, 0.6) is 0 Å². The summed E-state index contributed by atoms with van der Waals surface area (Å²) >= 11 is 0. The number of piperidine rings is 1. The zero-order valence-electron chi connectivity index (χ0n) is 17.8. The van der Waals surface area contributed by atoms with Gasteiger partial charge < -0.3 is 10.2 Å². The Balaban J connectivity index is 1.43. The van der Waals surface area contributed by atoms with Crippen molar-refractivity contribution < 1.29 is 9.59 Å². The van der Waals surface area contributed by atoms with Crippen LogP contribution in [-0.2, 0) is 6.54 Å². The Morgan fingerprint density at radius 1 is 1.16 bits per heavy atom. The van der Waals surface area contributed by atoms with Crippen LogP contribution in [0.3, 0.4) is 0 Å². The van der Waals surface area contributed by atoms with E-state index in [0.717, 1.165) is 24.1 Å². The maximum atomic E-state index is 12.8. The van der Waals surface area contributed by atoms with Crippen molar-refractivity contribution in [2.24, 2.45) is 0 Å². The molecule has 3 aromatic rings. The topological polar surface area (TPSA) is 104 Å². The van der Waals surface area contributed by atoms with E-state index in [1.54, 1.807) is 12.4 Å². The van der Waals surface area contributed by atoms with E-state index in [-0.39, 0.29) is 17.7 Å². The van der Waals surface area contributed by atoms with Crippen molar-refractivity contribution in [3.05, 3.63) is 76.6 Å². The fraction of sp³-hybridized carbons (Fsp3) is 0.348. The number of carbonyl (C=O) groups is 2. The largest absolute Gasteiger partial charge is 0.348 e. The zero-order valence-corrected chi connectivity index (χ0v) is 17.8. The zero-order chi connectivity index (χ0) is 21.8. The predicted octanol–water partition coefficient (Wildman–Crippen LogP) is 2.77. The highest BCUT2D eigenvalue weighted by Crippen LogP contribution is 2.26. The molecule has 1 saturated heterocycles. The van der Waals surface area contributed by atoms with Gasteiger partial charge in [-0.05, 0) is 32.3 Å². The molecule has 0 saturated carbocycles. The van der Waals surface area contributed by atoms with E-state index in [2.05, 4.69) is 25.5 Å². The molecule has 2 amide bonds. The third-order valence-electron chi connectivity index (χ3n) is 5.67. The van der Waals surface area contributed by atoms with E-state index in [1.165, 1.54) is 0 Å². The average Bonchev–Trinajstić information content (AvgIpc) is 3.23. The lowest BCUT2D eigenvalue weighted by Crippen LogP contribution is -2.39. The molecule has 2 aromatic heterocycles. The van der Waals surface area contributed by atoms with Crippen LogP contribution in [0, 0.1) is 13.8 Å². The molecule has 4 rings (SSSR count). The molecule has 0 spiro atoms. The molecule has 8 nitrogen and oxygen atoms in total. The maximum absolute atomic E-state index is 12.8. The van der Waals surface area contributed by atoms with Gasteiger partial charge in [-0.15, -0.1) is 0 Å². The monoisotopic (exact) mass is 418 g/mol. The number of nitrogens with zero attached hydrogens (tertiary/aromatic N) is 4. The Morgan fingerprint density at radius 3 is 2.68 bits per heavy atom. The quantitative estimate of drug-likeness (QED) is 0.663. The third kappa shape index (κ3) is 4.63. The number of amides is 2. The van der Waals surface area contributed by atoms with Crippen LogP contribution in [-0.4, -0.2) is 50.0 Å². The second kappa shape index (κ2) is 9.07. The van der Waals surface area contributed by atoms with E-state index in [4.69, 9.17) is 0 Å². The number of aromatic amines is 1. The van der Waals surface area contributed by atoms with Gasteiger partial charge in [0.1, 0.15) is 5.82 Å². The molecule has 1 atom stereocenters. The van der Waals surface area contributed by atoms with E-state index < -0.39 is 0 Å². The summed E-state index contributed by atoms with van der Waals surface area (Å²) in [5.74, 6) is 0.511. The van der Waals surface area contributed by atoms with Gasteiger partial charge in [0.15, 0.2) is 0 Å². The summed E-state index contributed by atoms with van der Waals surface area (Å²) in [7, 11) is 0. The summed E-state index contributed by atoms with van der Waals surface area (Å²) in [6.45, 7) is 5.38. The van der Waals surface area contributed by atoms with Crippen molar-refractivity contribution in [1.29, 1.82) is 0 Å². The van der Waals surface area contributed by atoms with Crippen LogP contribution in [0.2, 0.25) is 0 Å². The Bertz CT molecular complexity index is 1080. The minimum absolute atomic E-state index is 0.0235. The number of carbonyl (C=O) groups excluding carboxylic acids is 2. The Labute approximate surface area is 181 Å². The van der Waals surface area contributed by atoms with Crippen LogP contribution in [0.25, 0.3) is 0 Å². The van der Waals surface area contributed by atoms with Crippen LogP contribution >= 0.6 is 0 Å². The third-order valence-corrected chi connectivity index (χ3v) is 5.67. The number of nitrogens with one attached hydrogen (secondary N) is 2. The van der Waals surface area contributed by atoms with Crippen LogP contribution in [0.1, 0.15) is 62.3 Å². The fourth-order valence-corrected chi connectivity index (χ4v) is 3.89. The van der Waals surface area contributed by atoms with Gasteiger partial charge in [-0.25, -0.2) is 9.97 Å². The molecule has 0 radical (unpaired) electrons. The predicted molar refractivity (Wildman–Crippen MR) is 116 cm³/mol. The van der Waals surface area contributed by atoms with E-state index in [0.29, 0.717) is 42.3 Å². The van der Waals surface area contributed by atoms with Gasteiger partial charge >= 0.3 is 0 Å². The first-order valence-corrected chi connectivity index (χ1v) is 10.5. The van der Waals surface area contributed by atoms with Gasteiger partial charge in [0.2, 0.25) is 0 Å². The van der Waals surface area contributed by atoms with E-state index >= 15 is 0 Å². The van der Waals surface area contributed by atoms with Crippen LogP contribution < -0.4 is 5.32 Å². The van der Waals surface area contributed by atoms with Crippen molar-refractivity contribution in [3.63, 3.8) is 0 Å². The highest BCUT2D eigenvalue weighted by Gasteiger charge is 2.28. The second-order valence-electron chi connectivity index (χ2n) is 7.89. The molecule has 8 heteroatoms. The van der Waals surface area contributed by atoms with E-state index in [1.807, 2.05) is 49.1 Å². The number of rotatable bonds is 5. The first kappa shape index (κ1) is 20.7. The van der Waals surface area contributed by atoms with Crippen molar-refractivity contribution in [2.45, 2.75) is 39.2 Å². The molecule has 1 aromatic carbocycles. The van der Waals surface area contributed by atoms with Gasteiger partial charge in [-0.2, -0.15) is 5.10 Å². The molecule has 3 heterocycles. The number of H-pyrrole nitrogens is 1. The number of aromatic nitrogens is 4. The summed E-state index contributed by atoms with van der Waals surface area (Å²) in [4.78, 5) is 36.4. The van der Waals surface area contributed by atoms with Crippen LogP contribution in [0.15, 0.2) is 42.7 Å². The highest BCUT2D eigenvalue weighted by molar-refractivity contribution is 5.95. The van der Waals surface area contributed by atoms with E-state index in [9.17, 15) is 9.59 Å². The van der Waals surface area contributed by atoms with Gasteiger partial charge in [-0.3, -0.25) is 14.7 Å². The van der Waals surface area contributed by atoms with Crippen molar-refractivity contribution in [2.75, 3.05) is 13.1 Å². The molecule has 0 aliphatic carbocycles. The maximum Gasteiger partial charge on any atom is 0.257 e. The number of hydrogen-bond acceptors (Lipinski definition) is 5. The first-order valence-electron chi connectivity index (χ1n) is 10.5. The Morgan fingerprint density at radius 2 is 1.97 bits per heavy atom. The lowest BCUT2D eigenvalue weighted by molar-refractivity contribution is 0.0703. The summed E-state index contributed by atoms with van der Waals surface area (Å²) in [5.41, 5.74) is 3.52. The molecule has 1 aliphatic heterocycles. The number of hydrogen-bond donors (Lipinski definition) is 2. The lowest BCUT2D eigenvalue weighted by atomic mass is 9.96. The number of likely N-dealkylation sites (tertiary alicyclic amines) is 1. The molecule has 160 valence electrons. The number of aryl methyl sites for hydroxylation is 2. The molecule has 2 N–H and O–H groups in total. The second-order valence-corrected chi connectivity index (χ2v) is 7.89. The molecule has 1 aliphatic rings. The number of benzene rings is 1. The first-order chi connectivity index (χ1) is 15.0.